The summed E-state index contributed by atoms with van der Waals surface area (Å²) in [5.41, 5.74) is -0.0614. The number of amides is 3. The first-order chi connectivity index (χ1) is 13.0. The molecule has 3 rings (SSSR count). The Hall–Kier alpha value is -2.90. The maximum atomic E-state index is 12.9. The number of benzene rings is 1. The molecule has 2 aromatic rings. The van der Waals surface area contributed by atoms with E-state index in [-0.39, 0.29) is 18.3 Å². The monoisotopic (exact) mass is 372 g/mol. The molecule has 1 aliphatic rings. The summed E-state index contributed by atoms with van der Waals surface area (Å²) in [4.78, 5) is 30.8. The van der Waals surface area contributed by atoms with E-state index >= 15 is 0 Å². The van der Waals surface area contributed by atoms with Gasteiger partial charge in [0, 0.05) is 5.56 Å². The number of ether oxygens (including phenoxy) is 1. The van der Waals surface area contributed by atoms with Crippen LogP contribution in [0.25, 0.3) is 11.4 Å². The topological polar surface area (TPSA) is 97.6 Å². The summed E-state index contributed by atoms with van der Waals surface area (Å²) in [7, 11) is 1.59. The molecule has 1 fully saturated rings. The molecule has 27 heavy (non-hydrogen) atoms. The van der Waals surface area contributed by atoms with Gasteiger partial charge in [-0.15, -0.1) is 0 Å². The first kappa shape index (κ1) is 18.9. The van der Waals surface area contributed by atoms with Gasteiger partial charge in [0.1, 0.15) is 17.8 Å². The van der Waals surface area contributed by atoms with E-state index in [9.17, 15) is 9.59 Å². The Morgan fingerprint density at radius 3 is 2.41 bits per heavy atom. The minimum absolute atomic E-state index is 0.0387. The van der Waals surface area contributed by atoms with Gasteiger partial charge in [0.25, 0.3) is 5.91 Å². The zero-order valence-electron chi connectivity index (χ0n) is 15.8. The molecule has 0 aliphatic carbocycles. The van der Waals surface area contributed by atoms with Crippen molar-refractivity contribution in [3.8, 4) is 17.1 Å². The van der Waals surface area contributed by atoms with Gasteiger partial charge in [-0.2, -0.15) is 4.98 Å². The van der Waals surface area contributed by atoms with Crippen LogP contribution in [0.2, 0.25) is 0 Å². The number of nitrogens with zero attached hydrogens (tertiary/aromatic N) is 3. The van der Waals surface area contributed by atoms with Crippen LogP contribution in [-0.4, -0.2) is 39.6 Å². The largest absolute Gasteiger partial charge is 0.497 e. The first-order valence-electron chi connectivity index (χ1n) is 9.14. The smallest absolute Gasteiger partial charge is 0.325 e. The van der Waals surface area contributed by atoms with Crippen LogP contribution in [-0.2, 0) is 11.3 Å². The fraction of sp³-hybridized carbons (Fsp3) is 0.474. The van der Waals surface area contributed by atoms with Crippen molar-refractivity contribution in [2.24, 2.45) is 0 Å². The van der Waals surface area contributed by atoms with Gasteiger partial charge in [-0.3, -0.25) is 9.69 Å². The molecule has 3 amide bonds. The Balaban J connectivity index is 1.76. The van der Waals surface area contributed by atoms with E-state index in [0.717, 1.165) is 29.1 Å². The normalized spacial score (nSPS) is 15.9. The highest BCUT2D eigenvalue weighted by molar-refractivity contribution is 6.06. The van der Waals surface area contributed by atoms with Crippen molar-refractivity contribution in [1.29, 1.82) is 0 Å². The summed E-state index contributed by atoms with van der Waals surface area (Å²) in [6, 6.07) is 6.81. The highest BCUT2D eigenvalue weighted by Gasteiger charge is 2.50. The molecule has 8 nitrogen and oxygen atoms in total. The van der Waals surface area contributed by atoms with Gasteiger partial charge in [0.05, 0.1) is 7.11 Å². The number of carbonyl (C=O) groups is 2. The Labute approximate surface area is 157 Å². The molecule has 1 N–H and O–H groups in total. The predicted molar refractivity (Wildman–Crippen MR) is 97.9 cm³/mol. The van der Waals surface area contributed by atoms with Crippen molar-refractivity contribution in [3.05, 3.63) is 30.2 Å². The van der Waals surface area contributed by atoms with Gasteiger partial charge in [-0.25, -0.2) is 4.79 Å². The van der Waals surface area contributed by atoms with Gasteiger partial charge in [-0.05, 0) is 37.1 Å². The van der Waals surface area contributed by atoms with Crippen LogP contribution in [0.3, 0.4) is 0 Å². The van der Waals surface area contributed by atoms with Crippen molar-refractivity contribution in [2.45, 2.75) is 51.6 Å². The molecular weight excluding hydrogens is 348 g/mol. The Morgan fingerprint density at radius 2 is 1.81 bits per heavy atom. The molecular formula is C19H24N4O4. The quantitative estimate of drug-likeness (QED) is 0.715. The predicted octanol–water partition coefficient (Wildman–Crippen LogP) is 3.14. The number of imide groups is 1. The molecule has 0 atom stereocenters. The fourth-order valence-electron chi connectivity index (χ4n) is 3.45. The van der Waals surface area contributed by atoms with Gasteiger partial charge in [0.15, 0.2) is 0 Å². The van der Waals surface area contributed by atoms with Crippen LogP contribution in [0.5, 0.6) is 5.75 Å². The Bertz CT molecular complexity index is 809. The first-order valence-corrected chi connectivity index (χ1v) is 9.14. The zero-order chi connectivity index (χ0) is 19.4. The average molecular weight is 372 g/mol. The van der Waals surface area contributed by atoms with Crippen molar-refractivity contribution < 1.29 is 18.8 Å². The van der Waals surface area contributed by atoms with Crippen LogP contribution in [0.15, 0.2) is 28.8 Å². The SMILES string of the molecule is CCCC1(CCC)NC(=O)N(Cc2nc(-c3ccc(OC)cc3)no2)C1=O. The molecule has 8 heteroatoms. The lowest BCUT2D eigenvalue weighted by atomic mass is 9.88. The molecule has 1 aliphatic heterocycles. The summed E-state index contributed by atoms with van der Waals surface area (Å²) >= 11 is 0. The van der Waals surface area contributed by atoms with Crippen LogP contribution >= 0.6 is 0 Å². The number of rotatable bonds is 8. The summed E-state index contributed by atoms with van der Waals surface area (Å²) < 4.78 is 10.4. The average Bonchev–Trinajstić information content (AvgIpc) is 3.22. The summed E-state index contributed by atoms with van der Waals surface area (Å²) in [5, 5.41) is 6.82. The van der Waals surface area contributed by atoms with Crippen molar-refractivity contribution in [1.82, 2.24) is 20.4 Å². The summed E-state index contributed by atoms with van der Waals surface area (Å²) in [6.45, 7) is 3.96. The van der Waals surface area contributed by atoms with E-state index in [0.29, 0.717) is 18.7 Å². The molecule has 0 unspecified atom stereocenters. The number of hydrogen-bond acceptors (Lipinski definition) is 6. The van der Waals surface area contributed by atoms with Crippen molar-refractivity contribution in [2.75, 3.05) is 7.11 Å². The van der Waals surface area contributed by atoms with Crippen LogP contribution in [0.4, 0.5) is 4.79 Å². The van der Waals surface area contributed by atoms with E-state index in [4.69, 9.17) is 9.26 Å². The summed E-state index contributed by atoms with van der Waals surface area (Å²) in [6.07, 6.45) is 2.84. The second kappa shape index (κ2) is 7.77. The third kappa shape index (κ3) is 3.65. The van der Waals surface area contributed by atoms with Gasteiger partial charge in [-0.1, -0.05) is 31.8 Å². The van der Waals surface area contributed by atoms with Crippen LogP contribution in [0, 0.1) is 0 Å². The molecule has 0 radical (unpaired) electrons. The fourth-order valence-corrected chi connectivity index (χ4v) is 3.45. The number of urea groups is 1. The lowest BCUT2D eigenvalue weighted by molar-refractivity contribution is -0.132. The highest BCUT2D eigenvalue weighted by atomic mass is 16.5. The molecule has 0 bridgehead atoms. The van der Waals surface area contributed by atoms with E-state index in [1.165, 1.54) is 0 Å². The van der Waals surface area contributed by atoms with Gasteiger partial charge >= 0.3 is 6.03 Å². The zero-order valence-corrected chi connectivity index (χ0v) is 15.8. The molecule has 2 heterocycles. The van der Waals surface area contributed by atoms with Crippen LogP contribution < -0.4 is 10.1 Å². The third-order valence-corrected chi connectivity index (χ3v) is 4.71. The van der Waals surface area contributed by atoms with Crippen molar-refractivity contribution >= 4 is 11.9 Å². The molecule has 0 spiro atoms. The van der Waals surface area contributed by atoms with Gasteiger partial charge in [0.2, 0.25) is 11.7 Å². The number of carbonyl (C=O) groups excluding carboxylic acids is 2. The number of nitrogens with one attached hydrogen (secondary N) is 1. The number of aromatic nitrogens is 2. The third-order valence-electron chi connectivity index (χ3n) is 4.71. The van der Waals surface area contributed by atoms with E-state index in [1.807, 2.05) is 26.0 Å². The molecule has 0 saturated carbocycles. The highest BCUT2D eigenvalue weighted by Crippen LogP contribution is 2.29. The maximum absolute atomic E-state index is 12.9. The van der Waals surface area contributed by atoms with Gasteiger partial charge < -0.3 is 14.6 Å². The number of methoxy groups -OCH3 is 1. The molecule has 1 aromatic heterocycles. The molecule has 144 valence electrons. The van der Waals surface area contributed by atoms with E-state index < -0.39 is 11.6 Å². The second-order valence-electron chi connectivity index (χ2n) is 6.64. The lowest BCUT2D eigenvalue weighted by Crippen LogP contribution is -2.46. The molecule has 1 saturated heterocycles. The second-order valence-corrected chi connectivity index (χ2v) is 6.64. The van der Waals surface area contributed by atoms with E-state index in [1.54, 1.807) is 19.2 Å². The Kier molecular flexibility index (Phi) is 5.43. The van der Waals surface area contributed by atoms with E-state index in [2.05, 4.69) is 15.5 Å². The lowest BCUT2D eigenvalue weighted by Gasteiger charge is -2.25. The Morgan fingerprint density at radius 1 is 1.15 bits per heavy atom. The van der Waals surface area contributed by atoms with Crippen LogP contribution in [0.1, 0.15) is 45.4 Å². The van der Waals surface area contributed by atoms with Crippen molar-refractivity contribution in [3.63, 3.8) is 0 Å². The summed E-state index contributed by atoms with van der Waals surface area (Å²) in [5.74, 6) is 1.12. The standard InChI is InChI=1S/C19H24N4O4/c1-4-10-19(11-5-2)17(24)23(18(25)21-19)12-15-20-16(22-27-15)13-6-8-14(26-3)9-7-13/h6-9H,4-5,10-12H2,1-3H3,(H,21,25). The number of hydrogen-bond donors (Lipinski definition) is 1. The maximum Gasteiger partial charge on any atom is 0.325 e. The minimum atomic E-state index is -0.820. The molecule has 1 aromatic carbocycles. The minimum Gasteiger partial charge on any atom is -0.497 e.